The molecular formula is C15H21Cl2NO3. The topological polar surface area (TPSA) is 61.7 Å². The maximum absolute atomic E-state index is 9.95. The Bertz CT molecular complexity index is 438. The Morgan fingerprint density at radius 3 is 2.57 bits per heavy atom. The summed E-state index contributed by atoms with van der Waals surface area (Å²) in [7, 11) is 0. The van der Waals surface area contributed by atoms with Crippen LogP contribution in [0, 0.1) is 0 Å². The molecule has 2 rings (SSSR count). The van der Waals surface area contributed by atoms with E-state index in [1.54, 1.807) is 18.2 Å². The van der Waals surface area contributed by atoms with Gasteiger partial charge in [-0.3, -0.25) is 0 Å². The zero-order valence-electron chi connectivity index (χ0n) is 11.8. The first-order valence-corrected chi connectivity index (χ1v) is 8.00. The van der Waals surface area contributed by atoms with Crippen molar-refractivity contribution in [2.24, 2.45) is 0 Å². The molecule has 1 aromatic rings. The van der Waals surface area contributed by atoms with Crippen molar-refractivity contribution in [1.29, 1.82) is 0 Å². The average molecular weight is 334 g/mol. The number of nitrogens with one attached hydrogen (secondary N) is 1. The second-order valence-corrected chi connectivity index (χ2v) is 6.20. The third-order valence-electron chi connectivity index (χ3n) is 3.68. The van der Waals surface area contributed by atoms with Crippen molar-refractivity contribution >= 4 is 23.2 Å². The van der Waals surface area contributed by atoms with Crippen LogP contribution in [0.2, 0.25) is 10.0 Å². The fourth-order valence-corrected chi connectivity index (χ4v) is 3.00. The predicted molar refractivity (Wildman–Crippen MR) is 84.2 cm³/mol. The minimum Gasteiger partial charge on any atom is -0.488 e. The van der Waals surface area contributed by atoms with Crippen molar-refractivity contribution in [3.8, 4) is 5.75 Å². The lowest BCUT2D eigenvalue weighted by molar-refractivity contribution is 0.0673. The molecule has 1 aromatic carbocycles. The summed E-state index contributed by atoms with van der Waals surface area (Å²) in [6.07, 6.45) is 2.91. The molecule has 3 unspecified atom stereocenters. The summed E-state index contributed by atoms with van der Waals surface area (Å²) in [5, 5.41) is 23.8. The standard InChI is InChI=1S/C15H21Cl2NO3/c16-11-4-3-5-12(17)15(11)21-9-10(19)8-18-13-6-1-2-7-14(13)20/h3-5,10,13-14,18-20H,1-2,6-9H2. The van der Waals surface area contributed by atoms with E-state index < -0.39 is 6.10 Å². The Kier molecular flexibility index (Phi) is 6.58. The first kappa shape index (κ1) is 16.8. The molecule has 0 bridgehead atoms. The van der Waals surface area contributed by atoms with Gasteiger partial charge in [0.15, 0.2) is 5.75 Å². The van der Waals surface area contributed by atoms with Crippen LogP contribution in [-0.4, -0.2) is 41.6 Å². The molecule has 1 saturated carbocycles. The van der Waals surface area contributed by atoms with Crippen LogP contribution in [0.25, 0.3) is 0 Å². The molecular weight excluding hydrogens is 313 g/mol. The Labute approximate surface area is 135 Å². The molecule has 0 aliphatic heterocycles. The number of ether oxygens (including phenoxy) is 1. The highest BCUT2D eigenvalue weighted by Crippen LogP contribution is 2.32. The average Bonchev–Trinajstić information content (AvgIpc) is 2.46. The van der Waals surface area contributed by atoms with Crippen LogP contribution in [-0.2, 0) is 0 Å². The van der Waals surface area contributed by atoms with Crippen LogP contribution in [0.1, 0.15) is 25.7 Å². The third kappa shape index (κ3) is 5.01. The second-order valence-electron chi connectivity index (χ2n) is 5.38. The van der Waals surface area contributed by atoms with E-state index in [2.05, 4.69) is 5.32 Å². The van der Waals surface area contributed by atoms with Gasteiger partial charge in [0, 0.05) is 12.6 Å². The van der Waals surface area contributed by atoms with Crippen molar-refractivity contribution in [3.63, 3.8) is 0 Å². The van der Waals surface area contributed by atoms with E-state index in [1.807, 2.05) is 0 Å². The van der Waals surface area contributed by atoms with Crippen molar-refractivity contribution in [3.05, 3.63) is 28.2 Å². The minimum absolute atomic E-state index is 0.0531. The Balaban J connectivity index is 1.76. The normalized spacial score (nSPS) is 23.8. The SMILES string of the molecule is OC(CNC1CCCCC1O)COc1c(Cl)cccc1Cl. The molecule has 0 radical (unpaired) electrons. The highest BCUT2D eigenvalue weighted by molar-refractivity contribution is 6.37. The number of hydrogen-bond donors (Lipinski definition) is 3. The summed E-state index contributed by atoms with van der Waals surface area (Å²) in [6.45, 7) is 0.461. The summed E-state index contributed by atoms with van der Waals surface area (Å²) in [4.78, 5) is 0. The lowest BCUT2D eigenvalue weighted by Gasteiger charge is -2.29. The van der Waals surface area contributed by atoms with Crippen LogP contribution in [0.15, 0.2) is 18.2 Å². The van der Waals surface area contributed by atoms with E-state index >= 15 is 0 Å². The van der Waals surface area contributed by atoms with Crippen LogP contribution < -0.4 is 10.1 Å². The van der Waals surface area contributed by atoms with Gasteiger partial charge in [0.25, 0.3) is 0 Å². The van der Waals surface area contributed by atoms with Gasteiger partial charge in [0.05, 0.1) is 16.1 Å². The maximum atomic E-state index is 9.95. The van der Waals surface area contributed by atoms with Gasteiger partial charge in [0.1, 0.15) is 12.7 Å². The van der Waals surface area contributed by atoms with Crippen molar-refractivity contribution < 1.29 is 14.9 Å². The summed E-state index contributed by atoms with van der Waals surface area (Å²) >= 11 is 12.0. The first-order chi connectivity index (χ1) is 10.1. The molecule has 0 heterocycles. The molecule has 0 saturated heterocycles. The fourth-order valence-electron chi connectivity index (χ4n) is 2.50. The monoisotopic (exact) mass is 333 g/mol. The molecule has 3 N–H and O–H groups in total. The van der Waals surface area contributed by atoms with E-state index in [0.29, 0.717) is 22.3 Å². The Morgan fingerprint density at radius 1 is 1.24 bits per heavy atom. The molecule has 1 aliphatic rings. The number of para-hydroxylation sites is 1. The number of halogens is 2. The molecule has 118 valence electrons. The molecule has 0 aromatic heterocycles. The van der Waals surface area contributed by atoms with Gasteiger partial charge < -0.3 is 20.3 Å². The molecule has 0 spiro atoms. The number of rotatable bonds is 6. The van der Waals surface area contributed by atoms with Crippen LogP contribution in [0.3, 0.4) is 0 Å². The summed E-state index contributed by atoms with van der Waals surface area (Å²) in [5.41, 5.74) is 0. The number of hydrogen-bond acceptors (Lipinski definition) is 4. The molecule has 0 amide bonds. The van der Waals surface area contributed by atoms with Gasteiger partial charge in [-0.2, -0.15) is 0 Å². The largest absolute Gasteiger partial charge is 0.488 e. The Morgan fingerprint density at radius 2 is 1.90 bits per heavy atom. The molecule has 21 heavy (non-hydrogen) atoms. The molecule has 1 aliphatic carbocycles. The van der Waals surface area contributed by atoms with E-state index in [1.165, 1.54) is 0 Å². The molecule has 1 fully saturated rings. The zero-order valence-corrected chi connectivity index (χ0v) is 13.3. The second kappa shape index (κ2) is 8.20. The molecule has 4 nitrogen and oxygen atoms in total. The lowest BCUT2D eigenvalue weighted by Crippen LogP contribution is -2.45. The van der Waals surface area contributed by atoms with Gasteiger partial charge in [-0.05, 0) is 25.0 Å². The van der Waals surface area contributed by atoms with Crippen LogP contribution in [0.5, 0.6) is 5.75 Å². The van der Waals surface area contributed by atoms with E-state index in [4.69, 9.17) is 27.9 Å². The quantitative estimate of drug-likeness (QED) is 0.748. The third-order valence-corrected chi connectivity index (χ3v) is 4.28. The highest BCUT2D eigenvalue weighted by atomic mass is 35.5. The van der Waals surface area contributed by atoms with Crippen molar-refractivity contribution in [2.45, 2.75) is 43.9 Å². The van der Waals surface area contributed by atoms with Gasteiger partial charge in [-0.1, -0.05) is 42.1 Å². The predicted octanol–water partition coefficient (Wildman–Crippen LogP) is 2.63. The Hall–Kier alpha value is -0.520. The molecule has 3 atom stereocenters. The van der Waals surface area contributed by atoms with E-state index in [-0.39, 0.29) is 18.8 Å². The summed E-state index contributed by atoms with van der Waals surface area (Å²) in [5.74, 6) is 0.387. The van der Waals surface area contributed by atoms with Gasteiger partial charge >= 0.3 is 0 Å². The lowest BCUT2D eigenvalue weighted by atomic mass is 9.92. The first-order valence-electron chi connectivity index (χ1n) is 7.24. The number of aliphatic hydroxyl groups excluding tert-OH is 2. The minimum atomic E-state index is -0.688. The number of benzene rings is 1. The molecule has 6 heteroatoms. The number of aliphatic hydroxyl groups is 2. The van der Waals surface area contributed by atoms with Gasteiger partial charge in [-0.15, -0.1) is 0 Å². The van der Waals surface area contributed by atoms with Crippen molar-refractivity contribution in [1.82, 2.24) is 5.32 Å². The van der Waals surface area contributed by atoms with Gasteiger partial charge in [0.2, 0.25) is 0 Å². The van der Waals surface area contributed by atoms with E-state index in [0.717, 1.165) is 25.7 Å². The summed E-state index contributed by atoms with van der Waals surface area (Å²) in [6, 6.07) is 5.16. The van der Waals surface area contributed by atoms with Gasteiger partial charge in [-0.25, -0.2) is 0 Å². The maximum Gasteiger partial charge on any atom is 0.156 e. The van der Waals surface area contributed by atoms with E-state index in [9.17, 15) is 10.2 Å². The van der Waals surface area contributed by atoms with Crippen LogP contribution >= 0.6 is 23.2 Å². The fraction of sp³-hybridized carbons (Fsp3) is 0.600. The van der Waals surface area contributed by atoms with Crippen molar-refractivity contribution in [2.75, 3.05) is 13.2 Å². The summed E-state index contributed by atoms with van der Waals surface area (Å²) < 4.78 is 5.48. The highest BCUT2D eigenvalue weighted by Gasteiger charge is 2.23. The zero-order chi connectivity index (χ0) is 15.2. The van der Waals surface area contributed by atoms with Crippen LogP contribution in [0.4, 0.5) is 0 Å². The smallest absolute Gasteiger partial charge is 0.156 e.